The number of hydrogen-bond donors (Lipinski definition) is 0. The topological polar surface area (TPSA) is 34.1 Å². The molecule has 0 saturated heterocycles. The molecule has 0 aliphatic rings. The Kier molecular flexibility index (Phi) is 8.30. The molecule has 14 heavy (non-hydrogen) atoms. The van der Waals surface area contributed by atoms with Crippen molar-refractivity contribution in [1.82, 2.24) is 0 Å². The van der Waals surface area contributed by atoms with E-state index >= 15 is 0 Å². The summed E-state index contributed by atoms with van der Waals surface area (Å²) in [5.41, 5.74) is 1.01. The number of aryl methyl sites for hydroxylation is 1. The molecule has 0 spiro atoms. The van der Waals surface area contributed by atoms with Crippen molar-refractivity contribution in [3.8, 4) is 0 Å². The summed E-state index contributed by atoms with van der Waals surface area (Å²) in [6.07, 6.45) is 0. The van der Waals surface area contributed by atoms with Crippen molar-refractivity contribution < 1.29 is 8.42 Å². The van der Waals surface area contributed by atoms with Gasteiger partial charge in [0.25, 0.3) is 9.05 Å². The summed E-state index contributed by atoms with van der Waals surface area (Å²) in [5, 5.41) is 0. The smallest absolute Gasteiger partial charge is 0.207 e. The highest BCUT2D eigenvalue weighted by molar-refractivity contribution is 8.13. The van der Waals surface area contributed by atoms with Gasteiger partial charge in [-0.25, -0.2) is 8.42 Å². The van der Waals surface area contributed by atoms with Crippen LogP contribution in [0, 0.1) is 6.92 Å². The van der Waals surface area contributed by atoms with Crippen molar-refractivity contribution in [2.45, 2.75) is 25.7 Å². The minimum absolute atomic E-state index is 0. The molecule has 0 bridgehead atoms. The predicted octanol–water partition coefficient (Wildman–Crippen LogP) is 3.06. The highest BCUT2D eigenvalue weighted by Crippen LogP contribution is 2.14. The van der Waals surface area contributed by atoms with Crippen LogP contribution >= 0.6 is 24.2 Å². The Morgan fingerprint density at radius 2 is 1.43 bits per heavy atom. The summed E-state index contributed by atoms with van der Waals surface area (Å²) in [6, 6.07) is 6.37. The van der Waals surface area contributed by atoms with Gasteiger partial charge in [0, 0.05) is 10.7 Å². The zero-order chi connectivity index (χ0) is 10.5. The van der Waals surface area contributed by atoms with Gasteiger partial charge in [0.2, 0.25) is 0 Å². The molecule has 1 aromatic carbocycles. The molecular formula is C9H15ClO2S2. The Morgan fingerprint density at radius 1 is 1.07 bits per heavy atom. The van der Waals surface area contributed by atoms with E-state index in [1.807, 2.05) is 20.8 Å². The highest BCUT2D eigenvalue weighted by Gasteiger charge is 2.07. The maximum atomic E-state index is 10.7. The van der Waals surface area contributed by atoms with Gasteiger partial charge in [0.1, 0.15) is 0 Å². The summed E-state index contributed by atoms with van der Waals surface area (Å²) < 4.78 is 21.4. The summed E-state index contributed by atoms with van der Waals surface area (Å²) in [6.45, 7) is 5.88. The third kappa shape index (κ3) is 5.52. The summed E-state index contributed by atoms with van der Waals surface area (Å²) in [7, 11) is 1.54. The molecule has 0 atom stereocenters. The molecule has 0 amide bonds. The lowest BCUT2D eigenvalue weighted by Gasteiger charge is -1.94. The molecular weight excluding hydrogens is 240 g/mol. The quantitative estimate of drug-likeness (QED) is 0.722. The van der Waals surface area contributed by atoms with E-state index in [2.05, 4.69) is 0 Å². The van der Waals surface area contributed by atoms with E-state index in [-0.39, 0.29) is 18.4 Å². The van der Waals surface area contributed by atoms with Crippen molar-refractivity contribution >= 4 is 33.2 Å². The summed E-state index contributed by atoms with van der Waals surface area (Å²) >= 11 is 0. The first-order valence-electron chi connectivity index (χ1n) is 4.01. The van der Waals surface area contributed by atoms with Crippen LogP contribution < -0.4 is 0 Å². The second-order valence-electron chi connectivity index (χ2n) is 2.25. The Labute approximate surface area is 97.2 Å². The number of halogens is 1. The zero-order valence-electron chi connectivity index (χ0n) is 8.41. The first kappa shape index (κ1) is 16.2. The first-order valence-corrected chi connectivity index (χ1v) is 6.32. The molecule has 0 fully saturated rings. The van der Waals surface area contributed by atoms with Crippen molar-refractivity contribution in [1.29, 1.82) is 0 Å². The monoisotopic (exact) mass is 254 g/mol. The highest BCUT2D eigenvalue weighted by atomic mass is 35.7. The molecule has 2 nitrogen and oxygen atoms in total. The van der Waals surface area contributed by atoms with Crippen molar-refractivity contribution in [3.05, 3.63) is 29.8 Å². The lowest BCUT2D eigenvalue weighted by Crippen LogP contribution is -1.89. The molecule has 0 aliphatic carbocycles. The van der Waals surface area contributed by atoms with Gasteiger partial charge in [0.05, 0.1) is 4.90 Å². The maximum Gasteiger partial charge on any atom is 0.261 e. The summed E-state index contributed by atoms with van der Waals surface area (Å²) in [5.74, 6) is 0. The van der Waals surface area contributed by atoms with Crippen LogP contribution in [0.25, 0.3) is 0 Å². The predicted molar refractivity (Wildman–Crippen MR) is 65.9 cm³/mol. The number of hydrogen-bond acceptors (Lipinski definition) is 2. The third-order valence-corrected chi connectivity index (χ3v) is 2.67. The largest absolute Gasteiger partial charge is 0.261 e. The molecule has 0 radical (unpaired) electrons. The van der Waals surface area contributed by atoms with E-state index in [0.29, 0.717) is 0 Å². The Bertz CT molecular complexity index is 344. The zero-order valence-corrected chi connectivity index (χ0v) is 11.0. The molecule has 0 aromatic heterocycles. The molecule has 0 N–H and O–H groups in total. The molecule has 1 aromatic rings. The Balaban J connectivity index is 0. The fourth-order valence-corrected chi connectivity index (χ4v) is 1.47. The van der Waals surface area contributed by atoms with Crippen LogP contribution in [-0.2, 0) is 9.05 Å². The van der Waals surface area contributed by atoms with Gasteiger partial charge in [-0.2, -0.15) is 13.5 Å². The van der Waals surface area contributed by atoms with E-state index in [0.717, 1.165) is 5.56 Å². The molecule has 0 unspecified atom stereocenters. The van der Waals surface area contributed by atoms with Crippen molar-refractivity contribution in [3.63, 3.8) is 0 Å². The van der Waals surface area contributed by atoms with E-state index in [9.17, 15) is 8.42 Å². The fraction of sp³-hybridized carbons (Fsp3) is 0.333. The minimum Gasteiger partial charge on any atom is -0.207 e. The van der Waals surface area contributed by atoms with Crippen molar-refractivity contribution in [2.75, 3.05) is 0 Å². The fourth-order valence-electron chi connectivity index (χ4n) is 0.701. The van der Waals surface area contributed by atoms with Crippen LogP contribution in [0.4, 0.5) is 0 Å². The Morgan fingerprint density at radius 3 is 1.71 bits per heavy atom. The van der Waals surface area contributed by atoms with Crippen molar-refractivity contribution in [2.24, 2.45) is 0 Å². The molecule has 82 valence electrons. The normalized spacial score (nSPS) is 9.43. The van der Waals surface area contributed by atoms with Gasteiger partial charge in [-0.05, 0) is 19.1 Å². The van der Waals surface area contributed by atoms with Gasteiger partial charge < -0.3 is 0 Å². The van der Waals surface area contributed by atoms with Gasteiger partial charge in [-0.15, -0.1) is 0 Å². The van der Waals surface area contributed by atoms with Gasteiger partial charge in [0.15, 0.2) is 0 Å². The molecule has 0 aliphatic heterocycles. The minimum atomic E-state index is -3.55. The lowest BCUT2D eigenvalue weighted by molar-refractivity contribution is 0.609. The Hall–Kier alpha value is -0.190. The SMILES string of the molecule is CC.Cc1ccc(S(=O)(=O)Cl)cc1.S. The molecule has 1 rings (SSSR count). The number of rotatable bonds is 1. The maximum absolute atomic E-state index is 10.7. The lowest BCUT2D eigenvalue weighted by atomic mass is 10.2. The van der Waals surface area contributed by atoms with Crippen LogP contribution in [-0.4, -0.2) is 8.42 Å². The second-order valence-corrected chi connectivity index (χ2v) is 4.82. The second kappa shape index (κ2) is 7.15. The standard InChI is InChI=1S/C7H7ClO2S.C2H6.H2S/c1-6-2-4-7(5-3-6)11(8,9)10;1-2;/h2-5H,1H3;1-2H3;1H2. The third-order valence-electron chi connectivity index (χ3n) is 1.30. The van der Waals surface area contributed by atoms with Gasteiger partial charge in [-0.3, -0.25) is 0 Å². The average Bonchev–Trinajstić information content (AvgIpc) is 2.07. The van der Waals surface area contributed by atoms with Crippen LogP contribution in [0.3, 0.4) is 0 Å². The summed E-state index contributed by atoms with van der Waals surface area (Å²) in [4.78, 5) is 0.143. The number of benzene rings is 1. The van der Waals surface area contributed by atoms with Crippen LogP contribution in [0.5, 0.6) is 0 Å². The van der Waals surface area contributed by atoms with E-state index in [4.69, 9.17) is 10.7 Å². The van der Waals surface area contributed by atoms with Gasteiger partial charge >= 0.3 is 0 Å². The average molecular weight is 255 g/mol. The van der Waals surface area contributed by atoms with Crippen LogP contribution in [0.2, 0.25) is 0 Å². The van der Waals surface area contributed by atoms with Crippen LogP contribution in [0.15, 0.2) is 29.2 Å². The molecule has 0 saturated carbocycles. The molecule has 0 heterocycles. The van der Waals surface area contributed by atoms with E-state index in [1.54, 1.807) is 12.1 Å². The van der Waals surface area contributed by atoms with Gasteiger partial charge in [-0.1, -0.05) is 31.5 Å². The first-order chi connectivity index (χ1) is 6.00. The van der Waals surface area contributed by atoms with E-state index in [1.165, 1.54) is 12.1 Å². The molecule has 5 heteroatoms. The van der Waals surface area contributed by atoms with Crippen LogP contribution in [0.1, 0.15) is 19.4 Å². The van der Waals surface area contributed by atoms with E-state index < -0.39 is 9.05 Å².